The van der Waals surface area contributed by atoms with Crippen LogP contribution in [0.4, 0.5) is 5.69 Å². The average molecular weight is 676 g/mol. The van der Waals surface area contributed by atoms with Gasteiger partial charge in [-0.1, -0.05) is 54.1 Å². The first-order valence-electron chi connectivity index (χ1n) is 12.9. The summed E-state index contributed by atoms with van der Waals surface area (Å²) in [5, 5.41) is 12.4. The van der Waals surface area contributed by atoms with Gasteiger partial charge in [0.15, 0.2) is 11.5 Å². The monoisotopic (exact) mass is 674 g/mol. The number of nitriles is 1. The quantitative estimate of drug-likeness (QED) is 0.127. The molecule has 4 aromatic carbocycles. The van der Waals surface area contributed by atoms with Crippen LogP contribution in [0, 0.1) is 18.3 Å². The Bertz CT molecular complexity index is 1560. The minimum absolute atomic E-state index is 0.0175. The lowest BCUT2D eigenvalue weighted by molar-refractivity contribution is -0.112. The highest BCUT2D eigenvalue weighted by Crippen LogP contribution is 2.37. The van der Waals surface area contributed by atoms with Gasteiger partial charge in [0.05, 0.1) is 15.6 Å². The molecule has 1 amide bonds. The number of benzene rings is 4. The molecule has 0 unspecified atom stereocenters. The van der Waals surface area contributed by atoms with E-state index in [1.54, 1.807) is 24.3 Å². The van der Waals surface area contributed by atoms with Crippen molar-refractivity contribution in [3.8, 4) is 23.3 Å². The Morgan fingerprint density at radius 3 is 2.20 bits per heavy atom. The molecule has 0 aliphatic heterocycles. The van der Waals surface area contributed by atoms with E-state index < -0.39 is 5.91 Å². The van der Waals surface area contributed by atoms with Crippen LogP contribution in [0.5, 0.6) is 17.2 Å². The molecule has 6 nitrogen and oxygen atoms in total. The van der Waals surface area contributed by atoms with Gasteiger partial charge in [0.2, 0.25) is 0 Å². The largest absolute Gasteiger partial charge is 0.490 e. The summed E-state index contributed by atoms with van der Waals surface area (Å²) < 4.78 is 19.3. The van der Waals surface area contributed by atoms with Crippen LogP contribution in [0.25, 0.3) is 6.08 Å². The fourth-order valence-corrected chi connectivity index (χ4v) is 5.32. The fraction of sp³-hybridized carbons (Fsp3) is 0.152. The van der Waals surface area contributed by atoms with Crippen LogP contribution in [0.2, 0.25) is 0 Å². The summed E-state index contributed by atoms with van der Waals surface area (Å²) in [6.45, 7) is 5.13. The van der Waals surface area contributed by atoms with Crippen molar-refractivity contribution in [1.29, 1.82) is 5.26 Å². The van der Waals surface area contributed by atoms with Gasteiger partial charge in [-0.05, 0) is 105 Å². The Morgan fingerprint density at radius 1 is 0.854 bits per heavy atom. The maximum atomic E-state index is 12.7. The van der Waals surface area contributed by atoms with E-state index in [1.807, 2.05) is 80.6 Å². The second-order valence-electron chi connectivity index (χ2n) is 9.08. The molecule has 0 saturated heterocycles. The van der Waals surface area contributed by atoms with Crippen molar-refractivity contribution >= 4 is 49.5 Å². The third-order valence-corrected chi connectivity index (χ3v) is 7.11. The molecule has 0 aromatic heterocycles. The van der Waals surface area contributed by atoms with Crippen LogP contribution in [-0.2, 0) is 18.0 Å². The summed E-state index contributed by atoms with van der Waals surface area (Å²) in [4.78, 5) is 12.7. The molecule has 0 bridgehead atoms. The van der Waals surface area contributed by atoms with Crippen LogP contribution >= 0.6 is 31.9 Å². The number of aryl methyl sites for hydroxylation is 1. The normalized spacial score (nSPS) is 11.0. The number of ether oxygens (including phenoxy) is 3. The third kappa shape index (κ3) is 8.46. The summed E-state index contributed by atoms with van der Waals surface area (Å²) in [5.41, 5.74) is 4.32. The Morgan fingerprint density at radius 2 is 1.54 bits per heavy atom. The third-order valence-electron chi connectivity index (χ3n) is 5.93. The first-order chi connectivity index (χ1) is 19.9. The number of nitrogens with zero attached hydrogens (tertiary/aromatic N) is 1. The predicted octanol–water partition coefficient (Wildman–Crippen LogP) is 8.62. The van der Waals surface area contributed by atoms with Crippen molar-refractivity contribution in [2.45, 2.75) is 27.1 Å². The summed E-state index contributed by atoms with van der Waals surface area (Å²) in [6, 6.07) is 28.6. The van der Waals surface area contributed by atoms with Crippen molar-refractivity contribution in [2.24, 2.45) is 0 Å². The van der Waals surface area contributed by atoms with Crippen molar-refractivity contribution in [3.63, 3.8) is 0 Å². The standard InChI is InChI=1S/C33H28Br2N2O4/c1-3-39-31-18-24(11-14-30(31)40-20-23-7-5-4-6-8-23)21-41-32-28(34)16-25(17-29(32)35)15-26(19-36)33(38)37-27-12-9-22(2)10-13-27/h4-18H,3,20-21H2,1-2H3,(H,37,38)/b26-15-. The Kier molecular flexibility index (Phi) is 10.6. The second-order valence-corrected chi connectivity index (χ2v) is 10.8. The summed E-state index contributed by atoms with van der Waals surface area (Å²) in [6.07, 6.45) is 1.53. The molecule has 0 heterocycles. The zero-order valence-electron chi connectivity index (χ0n) is 22.6. The van der Waals surface area contributed by atoms with E-state index in [4.69, 9.17) is 14.2 Å². The maximum Gasteiger partial charge on any atom is 0.266 e. The number of halogens is 2. The molecule has 1 N–H and O–H groups in total. The SMILES string of the molecule is CCOc1cc(COc2c(Br)cc(/C=C(/C#N)C(=O)Nc3ccc(C)cc3)cc2Br)ccc1OCc1ccccc1. The molecule has 0 spiro atoms. The number of rotatable bonds is 11. The van der Waals surface area contributed by atoms with E-state index in [0.29, 0.717) is 50.7 Å². The highest BCUT2D eigenvalue weighted by Gasteiger charge is 2.14. The molecular weight excluding hydrogens is 648 g/mol. The minimum Gasteiger partial charge on any atom is -0.490 e. The smallest absolute Gasteiger partial charge is 0.266 e. The number of nitrogens with one attached hydrogen (secondary N) is 1. The maximum absolute atomic E-state index is 12.7. The molecule has 0 fully saturated rings. The molecule has 0 atom stereocenters. The highest BCUT2D eigenvalue weighted by molar-refractivity contribution is 9.11. The lowest BCUT2D eigenvalue weighted by atomic mass is 10.1. The van der Waals surface area contributed by atoms with Crippen molar-refractivity contribution < 1.29 is 19.0 Å². The molecular formula is C33H28Br2N2O4. The van der Waals surface area contributed by atoms with E-state index >= 15 is 0 Å². The molecule has 0 saturated carbocycles. The number of amides is 1. The second kappa shape index (κ2) is 14.5. The Hall–Kier alpha value is -4.06. The van der Waals surface area contributed by atoms with Crippen LogP contribution in [0.1, 0.15) is 29.2 Å². The zero-order valence-corrected chi connectivity index (χ0v) is 25.8. The summed E-state index contributed by atoms with van der Waals surface area (Å²) >= 11 is 7.12. The fourth-order valence-electron chi connectivity index (χ4n) is 3.87. The van der Waals surface area contributed by atoms with E-state index in [1.165, 1.54) is 6.08 Å². The van der Waals surface area contributed by atoms with E-state index in [9.17, 15) is 10.1 Å². The van der Waals surface area contributed by atoms with Gasteiger partial charge >= 0.3 is 0 Å². The molecule has 208 valence electrons. The molecule has 0 aliphatic carbocycles. The molecule has 0 radical (unpaired) electrons. The Balaban J connectivity index is 1.44. The van der Waals surface area contributed by atoms with Gasteiger partial charge in [-0.15, -0.1) is 0 Å². The van der Waals surface area contributed by atoms with Gasteiger partial charge in [0, 0.05) is 5.69 Å². The lowest BCUT2D eigenvalue weighted by Crippen LogP contribution is -2.13. The zero-order chi connectivity index (χ0) is 29.2. The van der Waals surface area contributed by atoms with E-state index in [0.717, 1.165) is 16.7 Å². The topological polar surface area (TPSA) is 80.6 Å². The van der Waals surface area contributed by atoms with Gasteiger partial charge in [0.1, 0.15) is 30.6 Å². The van der Waals surface area contributed by atoms with Crippen LogP contribution in [0.15, 0.2) is 99.4 Å². The van der Waals surface area contributed by atoms with Gasteiger partial charge in [0.25, 0.3) is 5.91 Å². The van der Waals surface area contributed by atoms with Crippen molar-refractivity contribution in [2.75, 3.05) is 11.9 Å². The predicted molar refractivity (Wildman–Crippen MR) is 168 cm³/mol. The number of carbonyl (C=O) groups excluding carboxylic acids is 1. The van der Waals surface area contributed by atoms with Crippen molar-refractivity contribution in [1.82, 2.24) is 0 Å². The number of hydrogen-bond acceptors (Lipinski definition) is 5. The van der Waals surface area contributed by atoms with Crippen LogP contribution < -0.4 is 19.5 Å². The number of carbonyl (C=O) groups is 1. The lowest BCUT2D eigenvalue weighted by Gasteiger charge is -2.15. The molecule has 0 aliphatic rings. The average Bonchev–Trinajstić information content (AvgIpc) is 2.97. The molecule has 8 heteroatoms. The van der Waals surface area contributed by atoms with Gasteiger partial charge in [-0.25, -0.2) is 0 Å². The Labute approximate surface area is 256 Å². The van der Waals surface area contributed by atoms with Gasteiger partial charge < -0.3 is 19.5 Å². The van der Waals surface area contributed by atoms with Gasteiger partial charge in [-0.3, -0.25) is 4.79 Å². The first kappa shape index (κ1) is 29.9. The summed E-state index contributed by atoms with van der Waals surface area (Å²) in [5.74, 6) is 1.42. The molecule has 41 heavy (non-hydrogen) atoms. The highest BCUT2D eigenvalue weighted by atomic mass is 79.9. The van der Waals surface area contributed by atoms with Gasteiger partial charge in [-0.2, -0.15) is 5.26 Å². The van der Waals surface area contributed by atoms with E-state index in [-0.39, 0.29) is 12.2 Å². The van der Waals surface area contributed by atoms with Crippen molar-refractivity contribution in [3.05, 3.63) is 122 Å². The molecule has 4 rings (SSSR count). The van der Waals surface area contributed by atoms with E-state index in [2.05, 4.69) is 37.2 Å². The number of anilines is 1. The summed E-state index contributed by atoms with van der Waals surface area (Å²) in [7, 11) is 0. The molecule has 4 aromatic rings. The van der Waals surface area contributed by atoms with Crippen LogP contribution in [-0.4, -0.2) is 12.5 Å². The van der Waals surface area contributed by atoms with Crippen LogP contribution in [0.3, 0.4) is 0 Å². The first-order valence-corrected chi connectivity index (χ1v) is 14.5. The number of hydrogen-bond donors (Lipinski definition) is 1. The minimum atomic E-state index is -0.481.